The van der Waals surface area contributed by atoms with E-state index in [9.17, 15) is 33.9 Å². The molecular formula is C33H60N14O7. The number of aromatic amines is 1. The van der Waals surface area contributed by atoms with E-state index in [0.717, 1.165) is 0 Å². The second-order valence-electron chi connectivity index (χ2n) is 13.5. The van der Waals surface area contributed by atoms with Gasteiger partial charge in [0.25, 0.3) is 0 Å². The SMILES string of the molecule is CC[C@H](C)[C@H](N)C(=O)N[C@@H](CCCN=C(N)N)C(=O)N[C@@H](CCCN=C(N)N)C(=O)N[C@@H](Cc1cnc[nH]1)C(=O)N[C@@H](CC(C)C)C(=O)N[C@@H](C)C(=O)O. The zero-order chi connectivity index (χ0) is 41.0. The van der Waals surface area contributed by atoms with E-state index in [0.29, 0.717) is 18.5 Å². The standard InChI is InChI=1S/C33H60N14O7/c1-6-18(4)25(34)30(52)45-22(10-8-12-41-33(37)38)26(48)44-21(9-7-11-40-32(35)36)27(49)47-24(14-20-15-39-16-42-20)29(51)46-23(13-17(2)3)28(50)43-19(5)31(53)54/h15-19,21-25H,6-14,34H2,1-5H3,(H,39,42)(H,43,50)(H,44,48)(H,45,52)(H,46,51)(H,47,49)(H,53,54)(H4,35,36,40)(H4,37,38,41)/t18-,19-,21-,22-,23-,24-,25-/m0/s1. The van der Waals surface area contributed by atoms with Crippen molar-refractivity contribution < 1.29 is 33.9 Å². The van der Waals surface area contributed by atoms with Crippen LogP contribution in [-0.2, 0) is 35.2 Å². The van der Waals surface area contributed by atoms with Gasteiger partial charge in [0, 0.05) is 31.4 Å². The Labute approximate surface area is 315 Å². The van der Waals surface area contributed by atoms with E-state index in [4.69, 9.17) is 28.7 Å². The maximum atomic E-state index is 14.0. The topological polar surface area (TPSA) is 366 Å². The molecule has 7 atom stereocenters. The van der Waals surface area contributed by atoms with Crippen molar-refractivity contribution in [3.8, 4) is 0 Å². The summed E-state index contributed by atoms with van der Waals surface area (Å²) < 4.78 is 0. The Morgan fingerprint density at radius 3 is 1.65 bits per heavy atom. The highest BCUT2D eigenvalue weighted by Crippen LogP contribution is 2.10. The van der Waals surface area contributed by atoms with E-state index in [1.807, 2.05) is 20.8 Å². The second kappa shape index (κ2) is 24.0. The monoisotopic (exact) mass is 764 g/mol. The fourth-order valence-corrected chi connectivity index (χ4v) is 5.05. The van der Waals surface area contributed by atoms with Gasteiger partial charge in [0.2, 0.25) is 29.5 Å². The van der Waals surface area contributed by atoms with Crippen molar-refractivity contribution in [2.45, 2.75) is 116 Å². The number of nitrogens with two attached hydrogens (primary N) is 5. The molecule has 0 saturated heterocycles. The van der Waals surface area contributed by atoms with Crippen LogP contribution >= 0.6 is 0 Å². The number of amides is 5. The number of aliphatic carboxylic acids is 1. The minimum Gasteiger partial charge on any atom is -0.480 e. The van der Waals surface area contributed by atoms with Crippen molar-refractivity contribution in [1.29, 1.82) is 0 Å². The smallest absolute Gasteiger partial charge is 0.325 e. The molecular weight excluding hydrogens is 704 g/mol. The number of H-pyrrole nitrogens is 1. The van der Waals surface area contributed by atoms with Gasteiger partial charge in [-0.3, -0.25) is 38.8 Å². The van der Waals surface area contributed by atoms with E-state index in [2.05, 4.69) is 46.5 Å². The van der Waals surface area contributed by atoms with Gasteiger partial charge in [0.1, 0.15) is 30.2 Å². The number of hydrogen-bond donors (Lipinski definition) is 12. The van der Waals surface area contributed by atoms with Crippen LogP contribution in [-0.4, -0.2) is 112 Å². The molecule has 0 saturated carbocycles. The number of aromatic nitrogens is 2. The van der Waals surface area contributed by atoms with Gasteiger partial charge in [0.05, 0.1) is 12.4 Å². The lowest BCUT2D eigenvalue weighted by molar-refractivity contribution is -0.142. The average Bonchev–Trinajstić information content (AvgIpc) is 3.61. The maximum Gasteiger partial charge on any atom is 0.325 e. The fraction of sp³-hybridized carbons (Fsp3) is 0.667. The van der Waals surface area contributed by atoms with Crippen molar-refractivity contribution in [3.63, 3.8) is 0 Å². The van der Waals surface area contributed by atoms with E-state index < -0.39 is 71.8 Å². The van der Waals surface area contributed by atoms with Crippen molar-refractivity contribution in [2.24, 2.45) is 50.5 Å². The van der Waals surface area contributed by atoms with E-state index in [1.165, 1.54) is 19.4 Å². The summed E-state index contributed by atoms with van der Waals surface area (Å²) in [6.07, 6.45) is 4.15. The second-order valence-corrected chi connectivity index (χ2v) is 13.5. The number of carbonyl (C=O) groups excluding carboxylic acids is 5. The summed E-state index contributed by atoms with van der Waals surface area (Å²) in [5, 5.41) is 22.3. The molecule has 1 heterocycles. The van der Waals surface area contributed by atoms with Crippen LogP contribution in [0.3, 0.4) is 0 Å². The highest BCUT2D eigenvalue weighted by Gasteiger charge is 2.33. The van der Waals surface area contributed by atoms with Crippen molar-refractivity contribution in [2.75, 3.05) is 13.1 Å². The lowest BCUT2D eigenvalue weighted by Crippen LogP contribution is -2.60. The highest BCUT2D eigenvalue weighted by atomic mass is 16.4. The number of rotatable bonds is 25. The molecule has 304 valence electrons. The predicted octanol–water partition coefficient (Wildman–Crippen LogP) is -2.99. The van der Waals surface area contributed by atoms with Crippen LogP contribution in [0.15, 0.2) is 22.5 Å². The molecule has 54 heavy (non-hydrogen) atoms. The van der Waals surface area contributed by atoms with E-state index >= 15 is 0 Å². The van der Waals surface area contributed by atoms with Crippen LogP contribution in [0.25, 0.3) is 0 Å². The summed E-state index contributed by atoms with van der Waals surface area (Å²) in [7, 11) is 0. The highest BCUT2D eigenvalue weighted by molar-refractivity contribution is 5.96. The summed E-state index contributed by atoms with van der Waals surface area (Å²) in [5.41, 5.74) is 28.4. The zero-order valence-electron chi connectivity index (χ0n) is 31.8. The van der Waals surface area contributed by atoms with Gasteiger partial charge in [-0.05, 0) is 50.9 Å². The van der Waals surface area contributed by atoms with Gasteiger partial charge in [-0.1, -0.05) is 34.1 Å². The molecule has 0 spiro atoms. The molecule has 5 amide bonds. The number of carbonyl (C=O) groups is 6. The summed E-state index contributed by atoms with van der Waals surface area (Å²) in [6, 6.07) is -6.95. The van der Waals surface area contributed by atoms with Gasteiger partial charge >= 0.3 is 5.97 Å². The minimum atomic E-state index is -1.29. The van der Waals surface area contributed by atoms with Crippen LogP contribution in [0.1, 0.15) is 78.8 Å². The largest absolute Gasteiger partial charge is 0.480 e. The van der Waals surface area contributed by atoms with Crippen LogP contribution in [0, 0.1) is 11.8 Å². The number of nitrogens with one attached hydrogen (secondary N) is 6. The molecule has 0 aromatic carbocycles. The van der Waals surface area contributed by atoms with Crippen molar-refractivity contribution >= 4 is 47.4 Å². The Morgan fingerprint density at radius 1 is 0.741 bits per heavy atom. The Morgan fingerprint density at radius 2 is 1.20 bits per heavy atom. The molecule has 0 aliphatic carbocycles. The predicted molar refractivity (Wildman–Crippen MR) is 202 cm³/mol. The third-order valence-corrected chi connectivity index (χ3v) is 8.40. The van der Waals surface area contributed by atoms with E-state index in [-0.39, 0.29) is 68.9 Å². The Kier molecular flexibility index (Phi) is 20.7. The first-order valence-corrected chi connectivity index (χ1v) is 17.9. The van der Waals surface area contributed by atoms with Crippen LogP contribution in [0.5, 0.6) is 0 Å². The minimum absolute atomic E-state index is 0.0132. The third-order valence-electron chi connectivity index (χ3n) is 8.40. The Bertz CT molecular complexity index is 1430. The first-order valence-electron chi connectivity index (χ1n) is 17.9. The van der Waals surface area contributed by atoms with Gasteiger partial charge < -0.3 is 65.3 Å². The van der Waals surface area contributed by atoms with E-state index in [1.54, 1.807) is 6.92 Å². The number of carboxylic acid groups (broad SMARTS) is 1. The third kappa shape index (κ3) is 17.8. The number of hydrogen-bond acceptors (Lipinski definition) is 10. The lowest BCUT2D eigenvalue weighted by Gasteiger charge is -2.27. The first-order chi connectivity index (χ1) is 25.4. The molecule has 0 aliphatic heterocycles. The summed E-state index contributed by atoms with van der Waals surface area (Å²) in [6.45, 7) is 8.89. The summed E-state index contributed by atoms with van der Waals surface area (Å²) >= 11 is 0. The van der Waals surface area contributed by atoms with Gasteiger partial charge in [-0.2, -0.15) is 0 Å². The van der Waals surface area contributed by atoms with Crippen LogP contribution in [0.4, 0.5) is 0 Å². The Balaban J connectivity index is 3.42. The molecule has 21 heteroatoms. The molecule has 0 radical (unpaired) electrons. The molecule has 1 rings (SSSR count). The number of nitrogens with zero attached hydrogens (tertiary/aromatic N) is 3. The first kappa shape index (κ1) is 46.6. The Hall–Kier alpha value is -5.47. The summed E-state index contributed by atoms with van der Waals surface area (Å²) in [4.78, 5) is 93.7. The number of guanidine groups is 2. The fourth-order valence-electron chi connectivity index (χ4n) is 5.05. The van der Waals surface area contributed by atoms with Gasteiger partial charge in [-0.15, -0.1) is 0 Å². The maximum absolute atomic E-state index is 14.0. The average molecular weight is 765 g/mol. The molecule has 1 aromatic rings. The summed E-state index contributed by atoms with van der Waals surface area (Å²) in [5.74, 6) is -5.35. The van der Waals surface area contributed by atoms with Gasteiger partial charge in [0.15, 0.2) is 11.9 Å². The van der Waals surface area contributed by atoms with Crippen LogP contribution in [0.2, 0.25) is 0 Å². The van der Waals surface area contributed by atoms with Crippen LogP contribution < -0.4 is 55.3 Å². The van der Waals surface area contributed by atoms with Crippen molar-refractivity contribution in [3.05, 3.63) is 18.2 Å². The molecule has 1 aromatic heterocycles. The number of carboxylic acids is 1. The number of aliphatic imine (C=N–C) groups is 2. The zero-order valence-corrected chi connectivity index (χ0v) is 31.8. The quantitative estimate of drug-likeness (QED) is 0.0269. The molecule has 0 unspecified atom stereocenters. The molecule has 17 N–H and O–H groups in total. The van der Waals surface area contributed by atoms with Gasteiger partial charge in [-0.25, -0.2) is 4.98 Å². The normalized spacial score (nSPS) is 14.9. The molecule has 0 aliphatic rings. The van der Waals surface area contributed by atoms with Crippen molar-refractivity contribution in [1.82, 2.24) is 36.6 Å². The lowest BCUT2D eigenvalue weighted by atomic mass is 9.98. The molecule has 21 nitrogen and oxygen atoms in total. The molecule has 0 fully saturated rings. The molecule has 0 bridgehead atoms. The number of imidazole rings is 1.